The van der Waals surface area contributed by atoms with Gasteiger partial charge in [-0.15, -0.1) is 0 Å². The number of hydrogen-bond donors (Lipinski definition) is 0. The number of benzene rings is 1. The van der Waals surface area contributed by atoms with Crippen LogP contribution in [0.5, 0.6) is 0 Å². The first-order chi connectivity index (χ1) is 12.1. The molecule has 0 spiro atoms. The molecular weight excluding hydrogens is 308 g/mol. The second kappa shape index (κ2) is 7.13. The predicted octanol–water partition coefficient (Wildman–Crippen LogP) is 5.43. The number of esters is 1. The van der Waals surface area contributed by atoms with Gasteiger partial charge < -0.3 is 4.74 Å². The molecule has 2 saturated carbocycles. The maximum atomic E-state index is 11.7. The number of carbonyl (C=O) groups is 1. The molecule has 0 saturated heterocycles. The van der Waals surface area contributed by atoms with Crippen LogP contribution in [0.3, 0.4) is 0 Å². The smallest absolute Gasteiger partial charge is 0.337 e. The van der Waals surface area contributed by atoms with Gasteiger partial charge in [0.1, 0.15) is 0 Å². The quantitative estimate of drug-likeness (QED) is 0.671. The van der Waals surface area contributed by atoms with E-state index < -0.39 is 0 Å². The summed E-state index contributed by atoms with van der Waals surface area (Å²) in [6, 6.07) is 6.20. The van der Waals surface area contributed by atoms with Crippen LogP contribution in [0.25, 0.3) is 0 Å². The third-order valence-corrected chi connectivity index (χ3v) is 7.48. The summed E-state index contributed by atoms with van der Waals surface area (Å²) in [5.74, 6) is 4.58. The molecule has 0 N–H and O–H groups in total. The van der Waals surface area contributed by atoms with Gasteiger partial charge in [0.25, 0.3) is 0 Å². The molecule has 0 aliphatic heterocycles. The van der Waals surface area contributed by atoms with E-state index in [2.05, 4.69) is 19.1 Å². The van der Waals surface area contributed by atoms with E-state index in [9.17, 15) is 4.79 Å². The van der Waals surface area contributed by atoms with Crippen molar-refractivity contribution in [3.05, 3.63) is 34.9 Å². The van der Waals surface area contributed by atoms with Crippen molar-refractivity contribution in [3.8, 4) is 0 Å². The molecule has 1 aromatic rings. The molecule has 2 fully saturated rings. The number of aryl methyl sites for hydroxylation is 1. The number of hydrogen-bond acceptors (Lipinski definition) is 2. The van der Waals surface area contributed by atoms with Crippen LogP contribution >= 0.6 is 0 Å². The molecule has 2 nitrogen and oxygen atoms in total. The summed E-state index contributed by atoms with van der Waals surface area (Å²) >= 11 is 0. The molecule has 0 radical (unpaired) electrons. The van der Waals surface area contributed by atoms with Crippen LogP contribution in [0.4, 0.5) is 0 Å². The lowest BCUT2D eigenvalue weighted by atomic mass is 9.61. The van der Waals surface area contributed by atoms with Gasteiger partial charge in [0.15, 0.2) is 0 Å². The molecule has 0 aromatic heterocycles. The van der Waals surface area contributed by atoms with Gasteiger partial charge in [-0.05, 0) is 104 Å². The van der Waals surface area contributed by atoms with Gasteiger partial charge in [-0.3, -0.25) is 0 Å². The van der Waals surface area contributed by atoms with Crippen LogP contribution in [0.2, 0.25) is 0 Å². The average molecular weight is 341 g/mol. The Morgan fingerprint density at radius 2 is 1.64 bits per heavy atom. The van der Waals surface area contributed by atoms with Gasteiger partial charge in [0.2, 0.25) is 0 Å². The van der Waals surface area contributed by atoms with Crippen molar-refractivity contribution in [2.75, 3.05) is 7.11 Å². The SMILES string of the molecule is COC(=O)c1ccc2c(c1)CCC(C1CCC3CC(C)CCC3C1)C2. The maximum absolute atomic E-state index is 11.7. The summed E-state index contributed by atoms with van der Waals surface area (Å²) < 4.78 is 4.86. The normalized spacial score (nSPS) is 34.7. The van der Waals surface area contributed by atoms with Crippen molar-refractivity contribution in [1.82, 2.24) is 0 Å². The second-order valence-corrected chi connectivity index (χ2v) is 8.99. The minimum Gasteiger partial charge on any atom is -0.465 e. The van der Waals surface area contributed by atoms with Crippen LogP contribution in [0.1, 0.15) is 73.4 Å². The Labute approximate surface area is 152 Å². The van der Waals surface area contributed by atoms with Crippen molar-refractivity contribution >= 4 is 5.97 Å². The third kappa shape index (κ3) is 3.50. The Kier molecular flexibility index (Phi) is 4.88. The lowest BCUT2D eigenvalue weighted by Gasteiger charge is -2.44. The van der Waals surface area contributed by atoms with E-state index >= 15 is 0 Å². The van der Waals surface area contributed by atoms with Gasteiger partial charge >= 0.3 is 5.97 Å². The van der Waals surface area contributed by atoms with E-state index in [1.807, 2.05) is 6.07 Å². The molecule has 136 valence electrons. The van der Waals surface area contributed by atoms with Gasteiger partial charge in [-0.25, -0.2) is 4.79 Å². The average Bonchev–Trinajstić information content (AvgIpc) is 2.66. The van der Waals surface area contributed by atoms with Crippen molar-refractivity contribution in [2.45, 2.75) is 64.7 Å². The first-order valence-electron chi connectivity index (χ1n) is 10.3. The molecule has 0 amide bonds. The van der Waals surface area contributed by atoms with Crippen molar-refractivity contribution in [3.63, 3.8) is 0 Å². The molecule has 4 rings (SSSR count). The van der Waals surface area contributed by atoms with E-state index in [0.717, 1.165) is 36.0 Å². The van der Waals surface area contributed by atoms with E-state index in [-0.39, 0.29) is 5.97 Å². The molecule has 3 aliphatic carbocycles. The van der Waals surface area contributed by atoms with Crippen LogP contribution < -0.4 is 0 Å². The zero-order chi connectivity index (χ0) is 17.4. The topological polar surface area (TPSA) is 26.3 Å². The molecule has 2 heteroatoms. The maximum Gasteiger partial charge on any atom is 0.337 e. The van der Waals surface area contributed by atoms with Crippen LogP contribution in [-0.2, 0) is 17.6 Å². The molecule has 5 atom stereocenters. The Morgan fingerprint density at radius 3 is 2.44 bits per heavy atom. The molecule has 5 unspecified atom stereocenters. The summed E-state index contributed by atoms with van der Waals surface area (Å²) in [6.45, 7) is 2.45. The summed E-state index contributed by atoms with van der Waals surface area (Å²) in [7, 11) is 1.46. The van der Waals surface area contributed by atoms with Gasteiger partial charge in [0, 0.05) is 0 Å². The highest BCUT2D eigenvalue weighted by atomic mass is 16.5. The Hall–Kier alpha value is -1.31. The minimum atomic E-state index is -0.213. The summed E-state index contributed by atoms with van der Waals surface area (Å²) in [6.07, 6.45) is 12.5. The zero-order valence-corrected chi connectivity index (χ0v) is 15.8. The molecule has 3 aliphatic rings. The first kappa shape index (κ1) is 17.1. The van der Waals surface area contributed by atoms with Crippen LogP contribution in [0, 0.1) is 29.6 Å². The summed E-state index contributed by atoms with van der Waals surface area (Å²) in [4.78, 5) is 11.7. The fraction of sp³-hybridized carbons (Fsp3) is 0.696. The van der Waals surface area contributed by atoms with Crippen molar-refractivity contribution < 1.29 is 9.53 Å². The number of carbonyl (C=O) groups excluding carboxylic acids is 1. The summed E-state index contributed by atoms with van der Waals surface area (Å²) in [5.41, 5.74) is 3.55. The van der Waals surface area contributed by atoms with Crippen molar-refractivity contribution in [1.29, 1.82) is 0 Å². The minimum absolute atomic E-state index is 0.213. The highest BCUT2D eigenvalue weighted by molar-refractivity contribution is 5.89. The van der Waals surface area contributed by atoms with Gasteiger partial charge in [0.05, 0.1) is 12.7 Å². The third-order valence-electron chi connectivity index (χ3n) is 7.48. The number of fused-ring (bicyclic) bond motifs is 2. The molecule has 0 heterocycles. The highest BCUT2D eigenvalue weighted by Gasteiger charge is 2.37. The number of rotatable bonds is 2. The van der Waals surface area contributed by atoms with Crippen molar-refractivity contribution in [2.24, 2.45) is 29.6 Å². The monoisotopic (exact) mass is 340 g/mol. The summed E-state index contributed by atoms with van der Waals surface area (Å²) in [5, 5.41) is 0. The Morgan fingerprint density at radius 1 is 0.920 bits per heavy atom. The Balaban J connectivity index is 1.42. The lowest BCUT2D eigenvalue weighted by Crippen LogP contribution is -2.34. The van der Waals surface area contributed by atoms with E-state index in [1.54, 1.807) is 0 Å². The number of ether oxygens (including phenoxy) is 1. The number of methoxy groups -OCH3 is 1. The van der Waals surface area contributed by atoms with E-state index in [0.29, 0.717) is 5.56 Å². The molecule has 0 bridgehead atoms. The fourth-order valence-corrected chi connectivity index (χ4v) is 6.02. The van der Waals surface area contributed by atoms with Crippen LogP contribution in [-0.4, -0.2) is 13.1 Å². The highest BCUT2D eigenvalue weighted by Crippen LogP contribution is 2.48. The fourth-order valence-electron chi connectivity index (χ4n) is 6.02. The Bertz CT molecular complexity index is 635. The molecule has 1 aromatic carbocycles. The molecular formula is C23H32O2. The molecule has 25 heavy (non-hydrogen) atoms. The first-order valence-corrected chi connectivity index (χ1v) is 10.3. The zero-order valence-electron chi connectivity index (χ0n) is 15.8. The van der Waals surface area contributed by atoms with Gasteiger partial charge in [-0.1, -0.05) is 19.4 Å². The standard InChI is InChI=1S/C23H32O2/c1-15-3-4-17-12-18(6-5-16(17)11-15)19-7-8-21-14-22(23(24)25-2)10-9-20(21)13-19/h9-10,14-19H,3-8,11-13H2,1-2H3. The van der Waals surface area contributed by atoms with E-state index in [4.69, 9.17) is 4.74 Å². The second-order valence-electron chi connectivity index (χ2n) is 8.99. The largest absolute Gasteiger partial charge is 0.465 e. The van der Waals surface area contributed by atoms with Gasteiger partial charge in [-0.2, -0.15) is 0 Å². The lowest BCUT2D eigenvalue weighted by molar-refractivity contribution is 0.0600. The predicted molar refractivity (Wildman–Crippen MR) is 101 cm³/mol. The van der Waals surface area contributed by atoms with Crippen LogP contribution in [0.15, 0.2) is 18.2 Å². The van der Waals surface area contributed by atoms with E-state index in [1.165, 1.54) is 69.6 Å².